The number of carbonyl (C=O) groups is 7. The van der Waals surface area contributed by atoms with Crippen molar-refractivity contribution < 1.29 is 43.8 Å². The second-order valence-electron chi connectivity index (χ2n) is 8.18. The van der Waals surface area contributed by atoms with E-state index in [4.69, 9.17) is 33.8 Å². The molecule has 0 rings (SSSR count). The standard InChI is InChI=1S/C20H35N9O9/c21-9(3-5-13(22)30)16(34)27-11(4-6-14(23)31)18(36)28-10(2-1-7-26-20(24)25)17(35)29-12(19(37)38)8-15(32)33/h9-12H,1-8,21H2,(H2,22,30)(H2,23,31)(H,27,34)(H,28,36)(H,29,35)(H,32,33)(H,37,38)(H4,24,25,26). The first-order valence-electron chi connectivity index (χ1n) is 11.4. The second kappa shape index (κ2) is 17.1. The quantitative estimate of drug-likeness (QED) is 0.0414. The van der Waals surface area contributed by atoms with Gasteiger partial charge in [0, 0.05) is 19.4 Å². The van der Waals surface area contributed by atoms with Gasteiger partial charge in [0.15, 0.2) is 5.96 Å². The first-order chi connectivity index (χ1) is 17.6. The van der Waals surface area contributed by atoms with Crippen LogP contribution >= 0.6 is 0 Å². The fourth-order valence-electron chi connectivity index (χ4n) is 2.95. The molecule has 0 aliphatic heterocycles. The molecule has 0 aliphatic carbocycles. The summed E-state index contributed by atoms with van der Waals surface area (Å²) < 4.78 is 0. The highest BCUT2D eigenvalue weighted by atomic mass is 16.4. The molecule has 214 valence electrons. The van der Waals surface area contributed by atoms with Crippen LogP contribution in [-0.4, -0.2) is 88.4 Å². The van der Waals surface area contributed by atoms with Crippen LogP contribution in [0, 0.1) is 0 Å². The third-order valence-electron chi connectivity index (χ3n) is 4.92. The fraction of sp³-hybridized carbons (Fsp3) is 0.600. The van der Waals surface area contributed by atoms with Gasteiger partial charge in [0.1, 0.15) is 18.1 Å². The van der Waals surface area contributed by atoms with Crippen LogP contribution in [0.25, 0.3) is 0 Å². The van der Waals surface area contributed by atoms with Gasteiger partial charge in [0.05, 0.1) is 12.5 Å². The van der Waals surface area contributed by atoms with Gasteiger partial charge in [-0.3, -0.25) is 33.8 Å². The minimum atomic E-state index is -1.80. The predicted molar refractivity (Wildman–Crippen MR) is 130 cm³/mol. The van der Waals surface area contributed by atoms with Gasteiger partial charge in [0.25, 0.3) is 0 Å². The minimum Gasteiger partial charge on any atom is -0.481 e. The lowest BCUT2D eigenvalue weighted by molar-refractivity contribution is -0.147. The average Bonchev–Trinajstić information content (AvgIpc) is 2.80. The van der Waals surface area contributed by atoms with E-state index in [1.807, 2.05) is 5.32 Å². The van der Waals surface area contributed by atoms with Gasteiger partial charge in [-0.1, -0.05) is 0 Å². The van der Waals surface area contributed by atoms with E-state index in [1.165, 1.54) is 0 Å². The predicted octanol–water partition coefficient (Wildman–Crippen LogP) is -5.09. The van der Waals surface area contributed by atoms with Crippen LogP contribution in [0.1, 0.15) is 44.9 Å². The Morgan fingerprint density at radius 3 is 1.63 bits per heavy atom. The molecule has 0 saturated carbocycles. The van der Waals surface area contributed by atoms with Crippen LogP contribution in [-0.2, 0) is 33.6 Å². The molecule has 0 aliphatic rings. The van der Waals surface area contributed by atoms with Gasteiger partial charge in [-0.2, -0.15) is 0 Å². The van der Waals surface area contributed by atoms with Crippen molar-refractivity contribution in [2.45, 2.75) is 69.1 Å². The van der Waals surface area contributed by atoms with Crippen molar-refractivity contribution in [1.82, 2.24) is 16.0 Å². The maximum absolute atomic E-state index is 13.0. The zero-order valence-electron chi connectivity index (χ0n) is 20.6. The molecule has 4 atom stereocenters. The first kappa shape index (κ1) is 33.5. The van der Waals surface area contributed by atoms with Gasteiger partial charge < -0.3 is 54.8 Å². The Hall–Kier alpha value is -4.48. The average molecular weight is 546 g/mol. The number of carboxylic acid groups (broad SMARTS) is 2. The molecule has 0 aromatic rings. The number of primary amides is 2. The van der Waals surface area contributed by atoms with E-state index in [-0.39, 0.29) is 51.0 Å². The van der Waals surface area contributed by atoms with E-state index in [0.29, 0.717) is 0 Å². The van der Waals surface area contributed by atoms with Crippen LogP contribution < -0.4 is 44.6 Å². The van der Waals surface area contributed by atoms with Gasteiger partial charge in [-0.25, -0.2) is 4.79 Å². The molecule has 0 aromatic carbocycles. The Labute approximate surface area is 217 Å². The minimum absolute atomic E-state index is 0.0377. The van der Waals surface area contributed by atoms with E-state index >= 15 is 0 Å². The number of guanidine groups is 1. The molecule has 38 heavy (non-hydrogen) atoms. The summed E-state index contributed by atoms with van der Waals surface area (Å²) in [7, 11) is 0. The summed E-state index contributed by atoms with van der Waals surface area (Å²) in [5, 5.41) is 24.8. The Bertz CT molecular complexity index is 922. The number of aliphatic carboxylic acids is 2. The Morgan fingerprint density at radius 2 is 1.16 bits per heavy atom. The van der Waals surface area contributed by atoms with Gasteiger partial charge >= 0.3 is 11.9 Å². The first-order valence-corrected chi connectivity index (χ1v) is 11.4. The maximum atomic E-state index is 13.0. The Balaban J connectivity index is 5.72. The summed E-state index contributed by atoms with van der Waals surface area (Å²) in [6, 6.07) is -5.84. The monoisotopic (exact) mass is 545 g/mol. The van der Waals surface area contributed by atoms with Crippen molar-refractivity contribution in [3.05, 3.63) is 0 Å². The highest BCUT2D eigenvalue weighted by Crippen LogP contribution is 2.06. The number of amides is 5. The highest BCUT2D eigenvalue weighted by Gasteiger charge is 2.31. The molecule has 18 nitrogen and oxygen atoms in total. The molecule has 0 saturated heterocycles. The molecule has 0 spiro atoms. The third kappa shape index (κ3) is 14.8. The largest absolute Gasteiger partial charge is 0.481 e. The number of hydrogen-bond donors (Lipinski definition) is 10. The molecule has 4 unspecified atom stereocenters. The lowest BCUT2D eigenvalue weighted by Crippen LogP contribution is -2.57. The van der Waals surface area contributed by atoms with Crippen molar-refractivity contribution in [2.24, 2.45) is 33.7 Å². The summed E-state index contributed by atoms with van der Waals surface area (Å²) in [4.78, 5) is 86.4. The molecule has 0 fully saturated rings. The summed E-state index contributed by atoms with van der Waals surface area (Å²) in [6.45, 7) is 0.0377. The second-order valence-corrected chi connectivity index (χ2v) is 8.18. The van der Waals surface area contributed by atoms with E-state index in [9.17, 15) is 38.7 Å². The number of carboxylic acids is 2. The number of hydrogen-bond acceptors (Lipinski definition) is 9. The highest BCUT2D eigenvalue weighted by molar-refractivity contribution is 5.95. The summed E-state index contributed by atoms with van der Waals surface area (Å²) in [5.41, 5.74) is 26.4. The van der Waals surface area contributed by atoms with Crippen molar-refractivity contribution in [1.29, 1.82) is 0 Å². The molecule has 18 heteroatoms. The Kier molecular flexibility index (Phi) is 15.0. The van der Waals surface area contributed by atoms with Crippen molar-refractivity contribution in [2.75, 3.05) is 6.54 Å². The van der Waals surface area contributed by atoms with Crippen molar-refractivity contribution in [3.8, 4) is 0 Å². The van der Waals surface area contributed by atoms with Crippen LogP contribution in [0.5, 0.6) is 0 Å². The summed E-state index contributed by atoms with van der Waals surface area (Å²) in [5.74, 6) is -7.67. The third-order valence-corrected chi connectivity index (χ3v) is 4.92. The molecule has 15 N–H and O–H groups in total. The Morgan fingerprint density at radius 1 is 0.684 bits per heavy atom. The molecular weight excluding hydrogens is 510 g/mol. The van der Waals surface area contributed by atoms with Gasteiger partial charge in [-0.15, -0.1) is 0 Å². The van der Waals surface area contributed by atoms with Crippen LogP contribution in [0.3, 0.4) is 0 Å². The van der Waals surface area contributed by atoms with Crippen molar-refractivity contribution >= 4 is 47.4 Å². The maximum Gasteiger partial charge on any atom is 0.326 e. The van der Waals surface area contributed by atoms with E-state index in [2.05, 4.69) is 15.6 Å². The zero-order chi connectivity index (χ0) is 29.4. The van der Waals surface area contributed by atoms with E-state index in [1.54, 1.807) is 0 Å². The normalized spacial score (nSPS) is 13.6. The summed E-state index contributed by atoms with van der Waals surface area (Å²) >= 11 is 0. The number of nitrogens with zero attached hydrogens (tertiary/aromatic N) is 1. The zero-order valence-corrected chi connectivity index (χ0v) is 20.6. The van der Waals surface area contributed by atoms with Crippen LogP contribution in [0.4, 0.5) is 0 Å². The lowest BCUT2D eigenvalue weighted by Gasteiger charge is -2.25. The SMILES string of the molecule is NC(=O)CCC(N)C(=O)NC(CCC(N)=O)C(=O)NC(CCCN=C(N)N)C(=O)NC(CC(=O)O)C(=O)O. The summed E-state index contributed by atoms with van der Waals surface area (Å²) in [6.07, 6.45) is -1.88. The number of nitrogens with two attached hydrogens (primary N) is 5. The smallest absolute Gasteiger partial charge is 0.326 e. The molecule has 0 bridgehead atoms. The fourth-order valence-corrected chi connectivity index (χ4v) is 2.95. The van der Waals surface area contributed by atoms with Crippen LogP contribution in [0.2, 0.25) is 0 Å². The number of rotatable bonds is 19. The van der Waals surface area contributed by atoms with E-state index in [0.717, 1.165) is 0 Å². The number of aliphatic imine (C=N–C) groups is 1. The van der Waals surface area contributed by atoms with Crippen molar-refractivity contribution in [3.63, 3.8) is 0 Å². The number of nitrogens with one attached hydrogen (secondary N) is 3. The topological polar surface area (TPSA) is 338 Å². The van der Waals surface area contributed by atoms with Gasteiger partial charge in [-0.05, 0) is 25.7 Å². The molecular formula is C20H35N9O9. The molecule has 0 aromatic heterocycles. The van der Waals surface area contributed by atoms with Crippen LogP contribution in [0.15, 0.2) is 4.99 Å². The molecule has 0 heterocycles. The number of carbonyl (C=O) groups excluding carboxylic acids is 5. The van der Waals surface area contributed by atoms with Gasteiger partial charge in [0.2, 0.25) is 29.5 Å². The van der Waals surface area contributed by atoms with E-state index < -0.39 is 72.1 Å². The molecule has 0 radical (unpaired) electrons. The lowest BCUT2D eigenvalue weighted by atomic mass is 10.1. The molecule has 5 amide bonds.